The predicted molar refractivity (Wildman–Crippen MR) is 112 cm³/mol. The van der Waals surface area contributed by atoms with Gasteiger partial charge in [0.15, 0.2) is 0 Å². The van der Waals surface area contributed by atoms with Gasteiger partial charge in [-0.05, 0) is 38.0 Å². The molecule has 0 saturated heterocycles. The quantitative estimate of drug-likeness (QED) is 0.697. The molecule has 1 amide bonds. The molecule has 1 heterocycles. The molecule has 0 bridgehead atoms. The van der Waals surface area contributed by atoms with Crippen LogP contribution in [-0.2, 0) is 6.54 Å². The van der Waals surface area contributed by atoms with Crippen molar-refractivity contribution < 1.29 is 4.79 Å². The van der Waals surface area contributed by atoms with Crippen molar-refractivity contribution in [3.8, 4) is 5.69 Å². The van der Waals surface area contributed by atoms with Crippen LogP contribution in [0.4, 0.5) is 0 Å². The molecule has 0 saturated carbocycles. The highest BCUT2D eigenvalue weighted by atomic mass is 16.2. The van der Waals surface area contributed by atoms with Crippen LogP contribution in [0.25, 0.3) is 5.69 Å². The Kier molecular flexibility index (Phi) is 6.07. The lowest BCUT2D eigenvalue weighted by atomic mass is 10.1. The van der Waals surface area contributed by atoms with E-state index in [4.69, 9.17) is 0 Å². The van der Waals surface area contributed by atoms with Crippen LogP contribution >= 0.6 is 0 Å². The molecule has 0 aliphatic carbocycles. The fourth-order valence-electron chi connectivity index (χ4n) is 2.80. The molecule has 29 heavy (non-hydrogen) atoms. The van der Waals surface area contributed by atoms with Crippen LogP contribution in [0.2, 0.25) is 0 Å². The summed E-state index contributed by atoms with van der Waals surface area (Å²) in [7, 11) is 0. The van der Waals surface area contributed by atoms with Gasteiger partial charge >= 0.3 is 5.69 Å². The van der Waals surface area contributed by atoms with E-state index in [9.17, 15) is 14.4 Å². The van der Waals surface area contributed by atoms with Crippen LogP contribution in [0.3, 0.4) is 0 Å². The van der Waals surface area contributed by atoms with Crippen LogP contribution in [0.15, 0.2) is 64.2 Å². The molecule has 7 heteroatoms. The van der Waals surface area contributed by atoms with E-state index in [0.29, 0.717) is 12.1 Å². The van der Waals surface area contributed by atoms with E-state index in [0.717, 1.165) is 20.4 Å². The van der Waals surface area contributed by atoms with Gasteiger partial charge in [-0.3, -0.25) is 14.2 Å². The van der Waals surface area contributed by atoms with Gasteiger partial charge in [0.1, 0.15) is 0 Å². The van der Waals surface area contributed by atoms with Crippen LogP contribution in [0.1, 0.15) is 41.9 Å². The Hall–Kier alpha value is -3.48. The molecule has 1 aromatic heterocycles. The summed E-state index contributed by atoms with van der Waals surface area (Å²) < 4.78 is 2.15. The van der Waals surface area contributed by atoms with Crippen LogP contribution in [0, 0.1) is 6.92 Å². The molecule has 0 aliphatic rings. The third kappa shape index (κ3) is 4.51. The first-order valence-electron chi connectivity index (χ1n) is 9.56. The maximum Gasteiger partial charge on any atom is 0.352 e. The monoisotopic (exact) mass is 392 g/mol. The summed E-state index contributed by atoms with van der Waals surface area (Å²) >= 11 is 0. The molecule has 7 nitrogen and oxygen atoms in total. The Morgan fingerprint density at radius 3 is 2.34 bits per heavy atom. The second-order valence-electron chi connectivity index (χ2n) is 7.04. The Morgan fingerprint density at radius 2 is 1.72 bits per heavy atom. The van der Waals surface area contributed by atoms with E-state index in [-0.39, 0.29) is 18.3 Å². The molecule has 1 unspecified atom stereocenters. The first kappa shape index (κ1) is 20.3. The van der Waals surface area contributed by atoms with E-state index in [1.807, 2.05) is 51.1 Å². The number of aromatic nitrogens is 3. The number of hydrogen-bond acceptors (Lipinski definition) is 4. The predicted octanol–water partition coefficient (Wildman–Crippen LogP) is 2.28. The van der Waals surface area contributed by atoms with Gasteiger partial charge in [0.25, 0.3) is 11.5 Å². The zero-order valence-corrected chi connectivity index (χ0v) is 16.8. The lowest BCUT2D eigenvalue weighted by Gasteiger charge is -2.14. The van der Waals surface area contributed by atoms with E-state index in [1.165, 1.54) is 0 Å². The highest BCUT2D eigenvalue weighted by Gasteiger charge is 2.21. The van der Waals surface area contributed by atoms with Crippen molar-refractivity contribution >= 4 is 5.91 Å². The highest BCUT2D eigenvalue weighted by molar-refractivity contribution is 5.91. The fourth-order valence-corrected chi connectivity index (χ4v) is 2.80. The van der Waals surface area contributed by atoms with Gasteiger partial charge < -0.3 is 5.32 Å². The van der Waals surface area contributed by atoms with Crippen LogP contribution < -0.4 is 16.6 Å². The number of aryl methyl sites for hydroxylation is 1. The summed E-state index contributed by atoms with van der Waals surface area (Å²) in [4.78, 5) is 38.7. The summed E-state index contributed by atoms with van der Waals surface area (Å²) in [5.74, 6) is -0.591. The summed E-state index contributed by atoms with van der Waals surface area (Å²) in [6, 6.07) is 16.1. The van der Waals surface area contributed by atoms with Crippen molar-refractivity contribution in [3.05, 3.63) is 92.3 Å². The van der Waals surface area contributed by atoms with Gasteiger partial charge in [-0.1, -0.05) is 55.0 Å². The zero-order chi connectivity index (χ0) is 21.0. The molecule has 150 valence electrons. The molecule has 0 radical (unpaired) electrons. The number of hydrogen-bond donors (Lipinski definition) is 1. The third-order valence-electron chi connectivity index (χ3n) is 4.73. The molecule has 0 spiro atoms. The molecular formula is C22H24N4O3. The van der Waals surface area contributed by atoms with Crippen molar-refractivity contribution in [2.45, 2.75) is 39.8 Å². The number of nitrogens with one attached hydrogen (secondary N) is 1. The molecule has 2 aromatic carbocycles. The lowest BCUT2D eigenvalue weighted by Crippen LogP contribution is -2.47. The largest absolute Gasteiger partial charge is 0.352 e. The molecule has 3 rings (SSSR count). The summed E-state index contributed by atoms with van der Waals surface area (Å²) in [6.45, 7) is 5.79. The van der Waals surface area contributed by atoms with Gasteiger partial charge in [-0.15, -0.1) is 0 Å². The average Bonchev–Trinajstić information content (AvgIpc) is 2.73. The fraction of sp³-hybridized carbons (Fsp3) is 0.273. The van der Waals surface area contributed by atoms with Crippen molar-refractivity contribution in [2.24, 2.45) is 0 Å². The first-order valence-corrected chi connectivity index (χ1v) is 9.56. The molecule has 0 fully saturated rings. The number of nitrogens with zero attached hydrogens (tertiary/aromatic N) is 3. The van der Waals surface area contributed by atoms with Gasteiger partial charge in [0, 0.05) is 6.04 Å². The molecular weight excluding hydrogens is 368 g/mol. The molecule has 1 atom stereocenters. The second kappa shape index (κ2) is 8.68. The standard InChI is InChI=1S/C22H24N4O3/c1-4-16(3)23-20(27)19-21(28)25(14-17-12-10-15(2)11-13-17)22(29)26(24-19)18-8-6-5-7-9-18/h5-13,16H,4,14H2,1-3H3,(H,23,27). The van der Waals surface area contributed by atoms with E-state index >= 15 is 0 Å². The van der Waals surface area contributed by atoms with Crippen molar-refractivity contribution in [3.63, 3.8) is 0 Å². The second-order valence-corrected chi connectivity index (χ2v) is 7.04. The van der Waals surface area contributed by atoms with Gasteiger partial charge in [0.2, 0.25) is 5.69 Å². The van der Waals surface area contributed by atoms with Crippen molar-refractivity contribution in [1.82, 2.24) is 19.7 Å². The average molecular weight is 392 g/mol. The topological polar surface area (TPSA) is 86.0 Å². The summed E-state index contributed by atoms with van der Waals surface area (Å²) in [5, 5.41) is 6.86. The molecule has 0 aliphatic heterocycles. The number of para-hydroxylation sites is 1. The summed E-state index contributed by atoms with van der Waals surface area (Å²) in [6.07, 6.45) is 0.710. The smallest absolute Gasteiger partial charge is 0.348 e. The number of amides is 1. The van der Waals surface area contributed by atoms with E-state index in [1.54, 1.807) is 24.3 Å². The van der Waals surface area contributed by atoms with Gasteiger partial charge in [-0.25, -0.2) is 4.79 Å². The number of carbonyl (C=O) groups excluding carboxylic acids is 1. The first-order chi connectivity index (χ1) is 13.9. The lowest BCUT2D eigenvalue weighted by molar-refractivity contribution is 0.0929. The zero-order valence-electron chi connectivity index (χ0n) is 16.8. The number of benzene rings is 2. The Balaban J connectivity index is 2.16. The Bertz CT molecular complexity index is 1120. The maximum atomic E-state index is 13.0. The van der Waals surface area contributed by atoms with Crippen LogP contribution in [0.5, 0.6) is 0 Å². The Morgan fingerprint density at radius 1 is 1.07 bits per heavy atom. The third-order valence-corrected chi connectivity index (χ3v) is 4.73. The minimum Gasteiger partial charge on any atom is -0.348 e. The van der Waals surface area contributed by atoms with Gasteiger partial charge in [0.05, 0.1) is 12.2 Å². The van der Waals surface area contributed by atoms with Crippen LogP contribution in [-0.4, -0.2) is 26.3 Å². The number of rotatable bonds is 6. The van der Waals surface area contributed by atoms with Gasteiger partial charge in [-0.2, -0.15) is 9.78 Å². The van der Waals surface area contributed by atoms with Crippen molar-refractivity contribution in [1.29, 1.82) is 0 Å². The van der Waals surface area contributed by atoms with E-state index in [2.05, 4.69) is 10.4 Å². The summed E-state index contributed by atoms with van der Waals surface area (Å²) in [5.41, 5.74) is 0.735. The highest BCUT2D eigenvalue weighted by Crippen LogP contribution is 2.05. The minimum atomic E-state index is -0.705. The van der Waals surface area contributed by atoms with Crippen molar-refractivity contribution in [2.75, 3.05) is 0 Å². The molecule has 1 N–H and O–H groups in total. The SMILES string of the molecule is CCC(C)NC(=O)c1nn(-c2ccccc2)c(=O)n(Cc2ccc(C)cc2)c1=O. The van der Waals surface area contributed by atoms with E-state index < -0.39 is 17.2 Å². The minimum absolute atomic E-state index is 0.0525. The number of carbonyl (C=O) groups is 1. The molecule has 3 aromatic rings. The maximum absolute atomic E-state index is 13.0. The Labute approximate surface area is 168 Å². The normalized spacial score (nSPS) is 11.8.